The van der Waals surface area contributed by atoms with E-state index in [1.807, 2.05) is 42.2 Å². The minimum Gasteiger partial charge on any atom is -0.492 e. The Morgan fingerprint density at radius 1 is 1.09 bits per heavy atom. The molecule has 3 heterocycles. The van der Waals surface area contributed by atoms with Crippen molar-refractivity contribution >= 4 is 28.4 Å². The number of nitrogens with one attached hydrogen (secondary N) is 1. The third kappa shape index (κ3) is 3.74. The van der Waals surface area contributed by atoms with Crippen LogP contribution in [0.4, 0.5) is 5.69 Å². The van der Waals surface area contributed by atoms with Crippen LogP contribution < -0.4 is 9.64 Å². The quantitative estimate of drug-likeness (QED) is 0.654. The zero-order chi connectivity index (χ0) is 22.1. The van der Waals surface area contributed by atoms with E-state index >= 15 is 0 Å². The van der Waals surface area contributed by atoms with E-state index in [4.69, 9.17) is 4.74 Å². The number of likely N-dealkylation sites (tertiary alicyclic amines) is 1. The van der Waals surface area contributed by atoms with Crippen LogP contribution in [0.15, 0.2) is 54.7 Å². The topological polar surface area (TPSA) is 65.6 Å². The van der Waals surface area contributed by atoms with E-state index in [1.54, 1.807) is 4.90 Å². The second kappa shape index (κ2) is 8.69. The van der Waals surface area contributed by atoms with Crippen LogP contribution >= 0.6 is 0 Å². The van der Waals surface area contributed by atoms with Crippen molar-refractivity contribution in [1.29, 1.82) is 0 Å². The first kappa shape index (κ1) is 20.6. The van der Waals surface area contributed by atoms with Gasteiger partial charge in [0.15, 0.2) is 0 Å². The van der Waals surface area contributed by atoms with Gasteiger partial charge in [-0.05, 0) is 49.4 Å². The molecule has 0 radical (unpaired) electrons. The summed E-state index contributed by atoms with van der Waals surface area (Å²) in [6.07, 6.45) is 4.29. The minimum absolute atomic E-state index is 0.0100. The van der Waals surface area contributed by atoms with Crippen molar-refractivity contribution in [3.63, 3.8) is 0 Å². The molecule has 2 fully saturated rings. The Kier molecular flexibility index (Phi) is 5.60. The van der Waals surface area contributed by atoms with Crippen LogP contribution in [0, 0.1) is 5.92 Å². The van der Waals surface area contributed by atoms with E-state index in [-0.39, 0.29) is 24.2 Å². The fourth-order valence-electron chi connectivity index (χ4n) is 5.16. The number of carbonyl (C=O) groups excluding carboxylic acids is 2. The highest BCUT2D eigenvalue weighted by Crippen LogP contribution is 2.36. The summed E-state index contributed by atoms with van der Waals surface area (Å²) in [6, 6.07) is 15.9. The van der Waals surface area contributed by atoms with Crippen LogP contribution in [-0.4, -0.2) is 47.9 Å². The minimum atomic E-state index is -0.290. The average molecular weight is 432 g/mol. The van der Waals surface area contributed by atoms with Gasteiger partial charge in [0.2, 0.25) is 11.8 Å². The summed E-state index contributed by atoms with van der Waals surface area (Å²) >= 11 is 0. The van der Waals surface area contributed by atoms with Crippen molar-refractivity contribution in [3.8, 4) is 5.75 Å². The number of hydrogen-bond donors (Lipinski definition) is 1. The van der Waals surface area contributed by atoms with Crippen LogP contribution in [0.1, 0.15) is 37.7 Å². The van der Waals surface area contributed by atoms with E-state index in [9.17, 15) is 9.59 Å². The first-order chi connectivity index (χ1) is 15.7. The molecule has 1 aromatic heterocycles. The van der Waals surface area contributed by atoms with Crippen molar-refractivity contribution in [1.82, 2.24) is 9.88 Å². The van der Waals surface area contributed by atoms with Crippen molar-refractivity contribution in [2.24, 2.45) is 5.92 Å². The smallest absolute Gasteiger partial charge is 0.228 e. The lowest BCUT2D eigenvalue weighted by Gasteiger charge is -2.33. The summed E-state index contributed by atoms with van der Waals surface area (Å²) in [5.74, 6) is 0.948. The van der Waals surface area contributed by atoms with Crippen molar-refractivity contribution < 1.29 is 14.3 Å². The van der Waals surface area contributed by atoms with Gasteiger partial charge in [-0.25, -0.2) is 0 Å². The van der Waals surface area contributed by atoms with Gasteiger partial charge >= 0.3 is 0 Å². The number of fused-ring (bicyclic) bond motifs is 1. The zero-order valence-electron chi connectivity index (χ0n) is 18.4. The molecule has 0 saturated carbocycles. The molecule has 166 valence electrons. The number of piperidine rings is 1. The van der Waals surface area contributed by atoms with Crippen molar-refractivity contribution in [3.05, 3.63) is 60.3 Å². The number of amides is 2. The predicted octanol–water partition coefficient (Wildman–Crippen LogP) is 4.33. The van der Waals surface area contributed by atoms with E-state index < -0.39 is 0 Å². The molecule has 0 spiro atoms. The fraction of sp³-hybridized carbons (Fsp3) is 0.385. The number of nitrogens with zero attached hydrogens (tertiary/aromatic N) is 2. The Balaban J connectivity index is 1.24. The Labute approximate surface area is 188 Å². The largest absolute Gasteiger partial charge is 0.492 e. The monoisotopic (exact) mass is 431 g/mol. The van der Waals surface area contributed by atoms with Gasteiger partial charge in [0.05, 0.1) is 18.2 Å². The summed E-state index contributed by atoms with van der Waals surface area (Å²) < 4.78 is 5.70. The highest BCUT2D eigenvalue weighted by molar-refractivity contribution is 6.01. The number of aromatic amines is 1. The normalized spacial score (nSPS) is 19.7. The number of anilines is 1. The van der Waals surface area contributed by atoms with Gasteiger partial charge in [-0.15, -0.1) is 0 Å². The molecule has 2 aromatic carbocycles. The Bertz CT molecular complexity index is 1130. The van der Waals surface area contributed by atoms with Gasteiger partial charge in [0.1, 0.15) is 5.75 Å². The van der Waals surface area contributed by atoms with E-state index in [1.165, 1.54) is 10.9 Å². The maximum absolute atomic E-state index is 13.2. The molecule has 1 N–H and O–H groups in total. The Hall–Kier alpha value is -3.28. The summed E-state index contributed by atoms with van der Waals surface area (Å²) in [4.78, 5) is 33.0. The predicted molar refractivity (Wildman–Crippen MR) is 125 cm³/mol. The molecule has 2 aliphatic heterocycles. The SMILES string of the molecule is CCOc1ccccc1N1CC(C(=O)N2CCC(c3c[nH]c4ccccc34)CC2)CC1=O. The number of aromatic nitrogens is 1. The number of para-hydroxylation sites is 3. The lowest BCUT2D eigenvalue weighted by molar-refractivity contribution is -0.136. The van der Waals surface area contributed by atoms with Crippen LogP contribution in [0.2, 0.25) is 0 Å². The summed E-state index contributed by atoms with van der Waals surface area (Å²) in [5, 5.41) is 1.28. The first-order valence-corrected chi connectivity index (χ1v) is 11.5. The molecule has 5 rings (SSSR count). The van der Waals surface area contributed by atoms with Gasteiger partial charge in [-0.2, -0.15) is 0 Å². The van der Waals surface area contributed by atoms with Gasteiger partial charge in [-0.1, -0.05) is 30.3 Å². The van der Waals surface area contributed by atoms with Crippen molar-refractivity contribution in [2.45, 2.75) is 32.1 Å². The van der Waals surface area contributed by atoms with Gasteiger partial charge in [0.25, 0.3) is 0 Å². The van der Waals surface area contributed by atoms with E-state index in [0.717, 1.165) is 37.1 Å². The molecule has 32 heavy (non-hydrogen) atoms. The third-order valence-electron chi connectivity index (χ3n) is 6.80. The van der Waals surface area contributed by atoms with Crippen molar-refractivity contribution in [2.75, 3.05) is 31.1 Å². The van der Waals surface area contributed by atoms with Crippen LogP contribution in [0.5, 0.6) is 5.75 Å². The average Bonchev–Trinajstić information content (AvgIpc) is 3.43. The highest BCUT2D eigenvalue weighted by Gasteiger charge is 2.39. The van der Waals surface area contributed by atoms with Crippen LogP contribution in [-0.2, 0) is 9.59 Å². The lowest BCUT2D eigenvalue weighted by atomic mass is 9.88. The summed E-state index contributed by atoms with van der Waals surface area (Å²) in [7, 11) is 0. The standard InChI is InChI=1S/C26H29N3O3/c1-2-32-24-10-6-5-9-23(24)29-17-19(15-25(29)30)26(31)28-13-11-18(12-14-28)21-16-27-22-8-4-3-7-20(21)22/h3-10,16,18-19,27H,2,11-15,17H2,1H3. The fourth-order valence-corrected chi connectivity index (χ4v) is 5.16. The molecular formula is C26H29N3O3. The Morgan fingerprint density at radius 3 is 2.66 bits per heavy atom. The van der Waals surface area contributed by atoms with Crippen LogP contribution in [0.3, 0.4) is 0 Å². The number of rotatable bonds is 5. The number of H-pyrrole nitrogens is 1. The molecule has 0 bridgehead atoms. The molecule has 6 nitrogen and oxygen atoms in total. The summed E-state index contributed by atoms with van der Waals surface area (Å²) in [5.41, 5.74) is 3.27. The first-order valence-electron chi connectivity index (χ1n) is 11.5. The number of ether oxygens (including phenoxy) is 1. The van der Waals surface area contributed by atoms with Gasteiger partial charge in [0, 0.05) is 43.2 Å². The zero-order valence-corrected chi connectivity index (χ0v) is 18.4. The second-order valence-electron chi connectivity index (χ2n) is 8.70. The third-order valence-corrected chi connectivity index (χ3v) is 6.80. The lowest BCUT2D eigenvalue weighted by Crippen LogP contribution is -2.42. The molecule has 0 aliphatic carbocycles. The molecule has 6 heteroatoms. The summed E-state index contributed by atoms with van der Waals surface area (Å²) in [6.45, 7) is 4.36. The molecule has 2 aliphatic rings. The van der Waals surface area contributed by atoms with E-state index in [2.05, 4.69) is 29.4 Å². The molecule has 1 unspecified atom stereocenters. The second-order valence-corrected chi connectivity index (χ2v) is 8.70. The van der Waals surface area contributed by atoms with Gasteiger partial charge in [-0.3, -0.25) is 9.59 Å². The molecular weight excluding hydrogens is 402 g/mol. The molecule has 3 aromatic rings. The highest BCUT2D eigenvalue weighted by atomic mass is 16.5. The van der Waals surface area contributed by atoms with E-state index in [0.29, 0.717) is 24.8 Å². The molecule has 1 atom stereocenters. The molecule has 2 amide bonds. The Morgan fingerprint density at radius 2 is 1.84 bits per heavy atom. The maximum atomic E-state index is 13.2. The van der Waals surface area contributed by atoms with Crippen LogP contribution in [0.25, 0.3) is 10.9 Å². The molecule has 2 saturated heterocycles. The maximum Gasteiger partial charge on any atom is 0.228 e. The number of hydrogen-bond acceptors (Lipinski definition) is 3. The number of carbonyl (C=O) groups is 2. The van der Waals surface area contributed by atoms with Gasteiger partial charge < -0.3 is 19.5 Å². The number of benzene rings is 2.